The van der Waals surface area contributed by atoms with Crippen molar-refractivity contribution in [2.24, 2.45) is 0 Å². The van der Waals surface area contributed by atoms with E-state index in [9.17, 15) is 45.6 Å². The van der Waals surface area contributed by atoms with E-state index in [1.54, 1.807) is 0 Å². The van der Waals surface area contributed by atoms with E-state index < -0.39 is 65.7 Å². The van der Waals surface area contributed by atoms with Crippen LogP contribution in [0.4, 0.5) is 0 Å². The van der Waals surface area contributed by atoms with Crippen molar-refractivity contribution < 1.29 is 54.7 Å². The highest BCUT2D eigenvalue weighted by Gasteiger charge is 2.45. The first-order valence-electron chi connectivity index (χ1n) is 9.62. The third-order valence-corrected chi connectivity index (χ3v) is 5.21. The normalized spacial score (nSPS) is 25.3. The Morgan fingerprint density at radius 3 is 2.21 bits per heavy atom. The van der Waals surface area contributed by atoms with Crippen molar-refractivity contribution in [3.8, 4) is 51.4 Å². The topological polar surface area (TPSA) is 213 Å². The molecule has 33 heavy (non-hydrogen) atoms. The van der Waals surface area contributed by atoms with Crippen LogP contribution in [0.2, 0.25) is 0 Å². The lowest BCUT2D eigenvalue weighted by molar-refractivity contribution is -0.277. The van der Waals surface area contributed by atoms with Gasteiger partial charge in [0.1, 0.15) is 47.4 Å². The molecule has 0 bridgehead atoms. The summed E-state index contributed by atoms with van der Waals surface area (Å²) in [6.07, 6.45) is -8.09. The number of aliphatic hydroxyl groups excluding tert-OH is 4. The molecule has 1 aliphatic carbocycles. The van der Waals surface area contributed by atoms with E-state index in [4.69, 9.17) is 13.9 Å². The summed E-state index contributed by atoms with van der Waals surface area (Å²) in [4.78, 5) is 11.8. The average molecular weight is 463 g/mol. The molecule has 2 aliphatic heterocycles. The van der Waals surface area contributed by atoms with Crippen molar-refractivity contribution in [1.82, 2.24) is 0 Å². The summed E-state index contributed by atoms with van der Waals surface area (Å²) in [5.74, 6) is -3.78. The Labute approximate surface area is 184 Å². The van der Waals surface area contributed by atoms with Gasteiger partial charge in [0.15, 0.2) is 16.9 Å². The van der Waals surface area contributed by atoms with Crippen LogP contribution in [0.15, 0.2) is 39.5 Å². The predicted molar refractivity (Wildman–Crippen MR) is 106 cm³/mol. The van der Waals surface area contributed by atoms with Gasteiger partial charge in [-0.25, -0.2) is 0 Å². The second-order valence-corrected chi connectivity index (χ2v) is 7.45. The first kappa shape index (κ1) is 22.6. The summed E-state index contributed by atoms with van der Waals surface area (Å²) < 4.78 is 16.6. The molecular weight excluding hydrogens is 444 g/mol. The lowest BCUT2D eigenvalue weighted by atomic mass is 9.99. The molecule has 2 heterocycles. The molecule has 0 aromatic heterocycles. The Balaban J connectivity index is 1.87. The van der Waals surface area contributed by atoms with Crippen molar-refractivity contribution in [2.45, 2.75) is 30.7 Å². The van der Waals surface area contributed by atoms with Gasteiger partial charge in [0, 0.05) is 17.7 Å². The highest BCUT2D eigenvalue weighted by molar-refractivity contribution is 5.77. The third kappa shape index (κ3) is 4.01. The van der Waals surface area contributed by atoms with Crippen LogP contribution < -0.4 is 15.3 Å². The number of ether oxygens (including phenoxy) is 2. The number of hydrogen-bond acceptors (Lipinski definition) is 12. The first-order chi connectivity index (χ1) is 15.6. The van der Waals surface area contributed by atoms with Gasteiger partial charge in [-0.3, -0.25) is 4.79 Å². The van der Waals surface area contributed by atoms with E-state index in [-0.39, 0.29) is 28.4 Å². The second kappa shape index (κ2) is 8.42. The van der Waals surface area contributed by atoms with Crippen molar-refractivity contribution in [1.29, 1.82) is 0 Å². The van der Waals surface area contributed by atoms with E-state index in [1.807, 2.05) is 0 Å². The smallest absolute Gasteiger partial charge is 0.229 e. The van der Waals surface area contributed by atoms with Gasteiger partial charge in [0.05, 0.1) is 12.2 Å². The minimum absolute atomic E-state index is 0.00632. The van der Waals surface area contributed by atoms with Crippen molar-refractivity contribution in [2.75, 3.05) is 6.61 Å². The number of fused-ring (bicyclic) bond motifs is 1. The molecule has 0 amide bonds. The van der Waals surface area contributed by atoms with E-state index >= 15 is 0 Å². The van der Waals surface area contributed by atoms with Gasteiger partial charge in [0.2, 0.25) is 6.29 Å². The fourth-order valence-electron chi connectivity index (χ4n) is 3.48. The van der Waals surface area contributed by atoms with Crippen molar-refractivity contribution in [3.05, 3.63) is 40.6 Å². The quantitative estimate of drug-likeness (QED) is 0.242. The number of phenols is 3. The molecule has 12 heteroatoms. The molecule has 1 fully saturated rings. The van der Waals surface area contributed by atoms with Gasteiger partial charge < -0.3 is 54.7 Å². The molecule has 12 nitrogen and oxygen atoms in total. The average Bonchev–Trinajstić information content (AvgIpc) is 2.77. The highest BCUT2D eigenvalue weighted by Crippen LogP contribution is 2.44. The zero-order valence-electron chi connectivity index (χ0n) is 16.7. The van der Waals surface area contributed by atoms with Gasteiger partial charge in [-0.15, -0.1) is 0 Å². The molecule has 1 aromatic rings. The summed E-state index contributed by atoms with van der Waals surface area (Å²) in [6.45, 7) is -0.709. The van der Waals surface area contributed by atoms with E-state index in [0.717, 1.165) is 24.3 Å². The maximum absolute atomic E-state index is 11.8. The number of rotatable bonds is 4. The number of aromatic hydroxyl groups is 3. The molecule has 3 aliphatic rings. The minimum atomic E-state index is -1.78. The van der Waals surface area contributed by atoms with E-state index in [2.05, 4.69) is 0 Å². The summed E-state index contributed by atoms with van der Waals surface area (Å²) in [7, 11) is 0. The van der Waals surface area contributed by atoms with Crippen molar-refractivity contribution >= 4 is 0 Å². The minimum Gasteiger partial charge on any atom is -0.867 e. The van der Waals surface area contributed by atoms with Crippen LogP contribution in [0.1, 0.15) is 0 Å². The van der Waals surface area contributed by atoms with Gasteiger partial charge in [-0.1, -0.05) is 0 Å². The van der Waals surface area contributed by atoms with Crippen molar-refractivity contribution in [3.63, 3.8) is 0 Å². The molecule has 0 spiro atoms. The molecule has 0 radical (unpaired) electrons. The fraction of sp³-hybridized carbons (Fsp3) is 0.286. The standard InChI is InChI=1S/C21H20O12/c22-6-15-17(28)18(29)19(30)21(33-15)32-14-5-9-10(24)3-8(23)4-13(9)31-20(14)7-1-11(25)16(27)12(26)2-7/h1-5,15,17-19,21-22,24-30H,6H2/p-1/t15-,17+,18+,19-,21-/m1/s1. The molecule has 0 saturated carbocycles. The molecule has 5 atom stereocenters. The summed E-state index contributed by atoms with van der Waals surface area (Å²) >= 11 is 0. The van der Waals surface area contributed by atoms with E-state index in [1.165, 1.54) is 6.07 Å². The Bertz CT molecular complexity index is 1180. The highest BCUT2D eigenvalue weighted by atomic mass is 16.7. The van der Waals surface area contributed by atoms with E-state index in [0.29, 0.717) is 0 Å². The van der Waals surface area contributed by atoms with Crippen LogP contribution >= 0.6 is 0 Å². The first-order valence-corrected chi connectivity index (χ1v) is 9.62. The van der Waals surface area contributed by atoms with Crippen LogP contribution in [0.3, 0.4) is 0 Å². The predicted octanol–water partition coefficient (Wildman–Crippen LogP) is -1.22. The van der Waals surface area contributed by atoms with Gasteiger partial charge in [0.25, 0.3) is 0 Å². The Morgan fingerprint density at radius 2 is 1.58 bits per heavy atom. The van der Waals surface area contributed by atoms with Gasteiger partial charge >= 0.3 is 0 Å². The second-order valence-electron chi connectivity index (χ2n) is 7.45. The number of benzene rings is 2. The molecule has 4 rings (SSSR count). The molecule has 1 saturated heterocycles. The summed E-state index contributed by atoms with van der Waals surface area (Å²) in [5.41, 5.74) is -0.661. The molecule has 1 aromatic carbocycles. The zero-order chi connectivity index (χ0) is 24.0. The molecule has 0 unspecified atom stereocenters. The van der Waals surface area contributed by atoms with Gasteiger partial charge in [-0.2, -0.15) is 0 Å². The Kier molecular flexibility index (Phi) is 5.78. The monoisotopic (exact) mass is 463 g/mol. The summed E-state index contributed by atoms with van der Waals surface area (Å²) in [5, 5.41) is 81.1. The van der Waals surface area contributed by atoms with Crippen LogP contribution in [0.25, 0.3) is 22.6 Å². The zero-order valence-corrected chi connectivity index (χ0v) is 16.7. The molecular formula is C21H19O12-. The van der Waals surface area contributed by atoms with Crippen LogP contribution in [0, 0.1) is 0 Å². The van der Waals surface area contributed by atoms with Crippen LogP contribution in [0.5, 0.6) is 28.7 Å². The van der Waals surface area contributed by atoms with Gasteiger partial charge in [-0.05, 0) is 23.9 Å². The number of hydrogen-bond donors (Lipinski definition) is 7. The Hall–Kier alpha value is -3.55. The molecule has 7 N–H and O–H groups in total. The summed E-state index contributed by atoms with van der Waals surface area (Å²) in [6, 6.07) is 5.07. The lowest BCUT2D eigenvalue weighted by Gasteiger charge is -2.39. The fourth-order valence-corrected chi connectivity index (χ4v) is 3.48. The third-order valence-electron chi connectivity index (χ3n) is 5.21. The Morgan fingerprint density at radius 1 is 0.909 bits per heavy atom. The SMILES string of the molecule is O=c1cc2oc(-c3cc(O)c([O-])c(O)c3)c(O[C@@H]3O[C@H](CO)[C@H](O)[C@H](O)[C@H]3O)cc-2c(O)c1. The maximum Gasteiger partial charge on any atom is 0.229 e. The lowest BCUT2D eigenvalue weighted by Crippen LogP contribution is -2.60. The number of phenolic OH excluding ortho intramolecular Hbond substituents is 3. The number of aliphatic hydroxyl groups is 4. The van der Waals surface area contributed by atoms with Crippen LogP contribution in [-0.4, -0.2) is 73.1 Å². The maximum atomic E-state index is 11.8. The molecule has 176 valence electrons. The largest absolute Gasteiger partial charge is 0.867 e. The van der Waals surface area contributed by atoms with Crippen LogP contribution in [-0.2, 0) is 4.74 Å².